The first-order valence-corrected chi connectivity index (χ1v) is 6.72. The van der Waals surface area contributed by atoms with E-state index in [0.29, 0.717) is 0 Å². The number of hydrogen-bond donors (Lipinski definition) is 2. The maximum Gasteiger partial charge on any atom is 0.0576 e. The van der Waals surface area contributed by atoms with Crippen LogP contribution >= 0.6 is 0 Å². The highest BCUT2D eigenvalue weighted by Gasteiger charge is 2.02. The molecule has 2 aromatic carbocycles. The van der Waals surface area contributed by atoms with Crippen molar-refractivity contribution >= 4 is 11.4 Å². The molecule has 0 radical (unpaired) electrons. The number of benzene rings is 2. The maximum atomic E-state index is 6.03. The van der Waals surface area contributed by atoms with E-state index < -0.39 is 0 Å². The van der Waals surface area contributed by atoms with Gasteiger partial charge in [-0.3, -0.25) is 0 Å². The molecular formula is C17H22N2. The Morgan fingerprint density at radius 2 is 1.74 bits per heavy atom. The summed E-state index contributed by atoms with van der Waals surface area (Å²) in [6.45, 7) is 7.22. The van der Waals surface area contributed by atoms with Crippen LogP contribution in [0.2, 0.25) is 0 Å². The Morgan fingerprint density at radius 3 is 2.47 bits per heavy atom. The van der Waals surface area contributed by atoms with Crippen LogP contribution in [-0.2, 0) is 6.42 Å². The van der Waals surface area contributed by atoms with Crippen molar-refractivity contribution in [2.75, 3.05) is 17.6 Å². The quantitative estimate of drug-likeness (QED) is 0.813. The van der Waals surface area contributed by atoms with Gasteiger partial charge in [0.15, 0.2) is 0 Å². The van der Waals surface area contributed by atoms with Crippen molar-refractivity contribution in [2.24, 2.45) is 0 Å². The second-order valence-corrected chi connectivity index (χ2v) is 5.19. The maximum absolute atomic E-state index is 6.03. The van der Waals surface area contributed by atoms with Crippen LogP contribution in [0.25, 0.3) is 0 Å². The topological polar surface area (TPSA) is 38.0 Å². The Bertz CT molecular complexity index is 573. The summed E-state index contributed by atoms with van der Waals surface area (Å²) in [7, 11) is 0. The molecule has 0 saturated carbocycles. The van der Waals surface area contributed by atoms with Crippen molar-refractivity contribution in [2.45, 2.75) is 27.2 Å². The van der Waals surface area contributed by atoms with Gasteiger partial charge in [-0.05, 0) is 56.0 Å². The zero-order chi connectivity index (χ0) is 13.8. The van der Waals surface area contributed by atoms with Gasteiger partial charge in [-0.25, -0.2) is 0 Å². The SMILES string of the molecule is Cc1cccc(CCNc2cc(C)c(C)cc2N)c1. The molecule has 0 heterocycles. The highest BCUT2D eigenvalue weighted by atomic mass is 14.9. The minimum Gasteiger partial charge on any atom is -0.397 e. The number of aryl methyl sites for hydroxylation is 3. The average Bonchev–Trinajstić information content (AvgIpc) is 2.35. The number of anilines is 2. The van der Waals surface area contributed by atoms with Crippen LogP contribution in [0.5, 0.6) is 0 Å². The fourth-order valence-electron chi connectivity index (χ4n) is 2.20. The zero-order valence-electron chi connectivity index (χ0n) is 12.0. The van der Waals surface area contributed by atoms with Crippen molar-refractivity contribution < 1.29 is 0 Å². The van der Waals surface area contributed by atoms with E-state index in [0.717, 1.165) is 24.3 Å². The van der Waals surface area contributed by atoms with Crippen molar-refractivity contribution in [3.8, 4) is 0 Å². The molecule has 0 aromatic heterocycles. The molecule has 19 heavy (non-hydrogen) atoms. The van der Waals surface area contributed by atoms with Crippen molar-refractivity contribution in [3.63, 3.8) is 0 Å². The lowest BCUT2D eigenvalue weighted by atomic mass is 10.1. The van der Waals surface area contributed by atoms with E-state index in [1.807, 2.05) is 6.07 Å². The molecule has 3 N–H and O–H groups in total. The van der Waals surface area contributed by atoms with Crippen LogP contribution in [0, 0.1) is 20.8 Å². The van der Waals surface area contributed by atoms with Gasteiger partial charge in [0, 0.05) is 6.54 Å². The number of nitrogens with two attached hydrogens (primary N) is 1. The van der Waals surface area contributed by atoms with Gasteiger partial charge in [0.2, 0.25) is 0 Å². The fourth-order valence-corrected chi connectivity index (χ4v) is 2.20. The minimum absolute atomic E-state index is 0.826. The monoisotopic (exact) mass is 254 g/mol. The van der Waals surface area contributed by atoms with E-state index >= 15 is 0 Å². The van der Waals surface area contributed by atoms with E-state index in [9.17, 15) is 0 Å². The first-order chi connectivity index (χ1) is 9.06. The molecule has 2 aromatic rings. The molecule has 0 aliphatic rings. The van der Waals surface area contributed by atoms with Gasteiger partial charge < -0.3 is 11.1 Å². The molecule has 100 valence electrons. The third kappa shape index (κ3) is 3.50. The largest absolute Gasteiger partial charge is 0.397 e. The fraction of sp³-hybridized carbons (Fsp3) is 0.294. The number of nitrogens with one attached hydrogen (secondary N) is 1. The smallest absolute Gasteiger partial charge is 0.0576 e. The Hall–Kier alpha value is -1.96. The number of rotatable bonds is 4. The molecule has 0 aliphatic carbocycles. The van der Waals surface area contributed by atoms with Gasteiger partial charge in [0.05, 0.1) is 11.4 Å². The Kier molecular flexibility index (Phi) is 4.10. The van der Waals surface area contributed by atoms with Crippen LogP contribution in [0.1, 0.15) is 22.3 Å². The summed E-state index contributed by atoms with van der Waals surface area (Å²) >= 11 is 0. The molecule has 0 aliphatic heterocycles. The molecule has 0 amide bonds. The van der Waals surface area contributed by atoms with Gasteiger partial charge in [-0.2, -0.15) is 0 Å². The van der Waals surface area contributed by atoms with E-state index in [2.05, 4.69) is 56.4 Å². The van der Waals surface area contributed by atoms with Crippen LogP contribution in [-0.4, -0.2) is 6.54 Å². The predicted molar refractivity (Wildman–Crippen MR) is 83.7 cm³/mol. The van der Waals surface area contributed by atoms with Crippen LogP contribution in [0.15, 0.2) is 36.4 Å². The Balaban J connectivity index is 1.98. The van der Waals surface area contributed by atoms with E-state index in [4.69, 9.17) is 5.73 Å². The Labute approximate surface area is 115 Å². The lowest BCUT2D eigenvalue weighted by molar-refractivity contribution is 1.02. The lowest BCUT2D eigenvalue weighted by Crippen LogP contribution is -2.07. The molecule has 0 atom stereocenters. The van der Waals surface area contributed by atoms with Crippen LogP contribution < -0.4 is 11.1 Å². The van der Waals surface area contributed by atoms with Crippen molar-refractivity contribution in [3.05, 3.63) is 58.7 Å². The Morgan fingerprint density at radius 1 is 1.00 bits per heavy atom. The second kappa shape index (κ2) is 5.79. The second-order valence-electron chi connectivity index (χ2n) is 5.19. The van der Waals surface area contributed by atoms with Gasteiger partial charge in [0.1, 0.15) is 0 Å². The van der Waals surface area contributed by atoms with Gasteiger partial charge in [0.25, 0.3) is 0 Å². The molecule has 0 bridgehead atoms. The highest BCUT2D eigenvalue weighted by Crippen LogP contribution is 2.22. The summed E-state index contributed by atoms with van der Waals surface area (Å²) in [5.74, 6) is 0. The lowest BCUT2D eigenvalue weighted by Gasteiger charge is -2.12. The van der Waals surface area contributed by atoms with Crippen LogP contribution in [0.3, 0.4) is 0 Å². The summed E-state index contributed by atoms with van der Waals surface area (Å²) in [5.41, 5.74) is 13.1. The number of hydrogen-bond acceptors (Lipinski definition) is 2. The number of nitrogen functional groups attached to an aromatic ring is 1. The molecule has 0 fully saturated rings. The van der Waals surface area contributed by atoms with Gasteiger partial charge >= 0.3 is 0 Å². The summed E-state index contributed by atoms with van der Waals surface area (Å²) in [6.07, 6.45) is 1.01. The summed E-state index contributed by atoms with van der Waals surface area (Å²) in [5, 5.41) is 3.42. The van der Waals surface area contributed by atoms with E-state index in [1.165, 1.54) is 22.3 Å². The summed E-state index contributed by atoms with van der Waals surface area (Å²) in [4.78, 5) is 0. The molecule has 0 unspecified atom stereocenters. The predicted octanol–water partition coefficient (Wildman–Crippen LogP) is 3.85. The molecule has 2 rings (SSSR count). The first-order valence-electron chi connectivity index (χ1n) is 6.72. The molecule has 2 nitrogen and oxygen atoms in total. The highest BCUT2D eigenvalue weighted by molar-refractivity contribution is 5.68. The minimum atomic E-state index is 0.826. The summed E-state index contributed by atoms with van der Waals surface area (Å²) in [6, 6.07) is 12.8. The zero-order valence-corrected chi connectivity index (χ0v) is 12.0. The van der Waals surface area contributed by atoms with Crippen molar-refractivity contribution in [1.29, 1.82) is 0 Å². The molecule has 2 heteroatoms. The molecule has 0 saturated heterocycles. The standard InChI is InChI=1S/C17H22N2/c1-12-5-4-6-15(9-12)7-8-19-17-11-14(3)13(2)10-16(17)18/h4-6,9-11,19H,7-8,18H2,1-3H3. The normalized spacial score (nSPS) is 10.5. The molecule has 0 spiro atoms. The third-order valence-electron chi connectivity index (χ3n) is 3.48. The van der Waals surface area contributed by atoms with Gasteiger partial charge in [-0.15, -0.1) is 0 Å². The third-order valence-corrected chi connectivity index (χ3v) is 3.48. The molecular weight excluding hydrogens is 232 g/mol. The summed E-state index contributed by atoms with van der Waals surface area (Å²) < 4.78 is 0. The van der Waals surface area contributed by atoms with Crippen LogP contribution in [0.4, 0.5) is 11.4 Å². The van der Waals surface area contributed by atoms with Gasteiger partial charge in [-0.1, -0.05) is 29.8 Å². The van der Waals surface area contributed by atoms with E-state index in [-0.39, 0.29) is 0 Å². The average molecular weight is 254 g/mol. The van der Waals surface area contributed by atoms with Crippen molar-refractivity contribution in [1.82, 2.24) is 0 Å². The van der Waals surface area contributed by atoms with E-state index in [1.54, 1.807) is 0 Å². The first kappa shape index (κ1) is 13.5.